The van der Waals surface area contributed by atoms with E-state index in [2.05, 4.69) is 15.5 Å². The number of nitrogens with zero attached hydrogens (tertiary/aromatic N) is 3. The molecule has 0 saturated heterocycles. The zero-order valence-corrected chi connectivity index (χ0v) is 16.1. The molecular weight excluding hydrogens is 386 g/mol. The van der Waals surface area contributed by atoms with Crippen LogP contribution in [-0.4, -0.2) is 33.5 Å². The summed E-state index contributed by atoms with van der Waals surface area (Å²) in [7, 11) is 1.58. The summed E-state index contributed by atoms with van der Waals surface area (Å²) in [6, 6.07) is 10.3. The third kappa shape index (κ3) is 4.30. The molecule has 0 aliphatic carbocycles. The molecule has 1 N–H and O–H groups in total. The molecule has 28 heavy (non-hydrogen) atoms. The van der Waals surface area contributed by atoms with Gasteiger partial charge in [0.25, 0.3) is 0 Å². The van der Waals surface area contributed by atoms with Crippen LogP contribution in [-0.2, 0) is 11.3 Å². The molecule has 0 unspecified atom stereocenters. The second kappa shape index (κ2) is 8.83. The summed E-state index contributed by atoms with van der Waals surface area (Å²) in [6.45, 7) is 2.53. The summed E-state index contributed by atoms with van der Waals surface area (Å²) in [5, 5.41) is 11.3. The molecule has 0 bridgehead atoms. The number of aromatic nitrogens is 3. The van der Waals surface area contributed by atoms with E-state index < -0.39 is 17.5 Å². The monoisotopic (exact) mass is 404 g/mol. The van der Waals surface area contributed by atoms with Gasteiger partial charge in [-0.1, -0.05) is 23.9 Å². The van der Waals surface area contributed by atoms with Gasteiger partial charge in [0, 0.05) is 12.6 Å². The van der Waals surface area contributed by atoms with Gasteiger partial charge in [0.05, 0.1) is 24.1 Å². The molecule has 0 radical (unpaired) electrons. The third-order valence-corrected chi connectivity index (χ3v) is 4.88. The molecule has 1 heterocycles. The van der Waals surface area contributed by atoms with Gasteiger partial charge in [0.15, 0.2) is 11.0 Å². The fourth-order valence-corrected chi connectivity index (χ4v) is 3.42. The highest BCUT2D eigenvalue weighted by Gasteiger charge is 2.17. The standard InChI is InChI=1S/C19H18F2N4O2S/c1-3-25-18(13-6-4-5-7-16(13)27-2)23-24-19(25)28-11-17(26)22-15-10-12(20)8-9-14(15)21/h4-10H,3,11H2,1-2H3,(H,22,26). The number of para-hydroxylation sites is 1. The number of amides is 1. The Morgan fingerprint density at radius 2 is 2.00 bits per heavy atom. The first-order chi connectivity index (χ1) is 13.5. The molecular formula is C19H18F2N4O2S. The van der Waals surface area contributed by atoms with E-state index in [1.807, 2.05) is 35.8 Å². The normalized spacial score (nSPS) is 10.7. The Hall–Kier alpha value is -2.94. The first kappa shape index (κ1) is 19.8. The van der Waals surface area contributed by atoms with Gasteiger partial charge in [-0.15, -0.1) is 10.2 Å². The first-order valence-electron chi connectivity index (χ1n) is 8.47. The largest absolute Gasteiger partial charge is 0.496 e. The van der Waals surface area contributed by atoms with E-state index >= 15 is 0 Å². The zero-order chi connectivity index (χ0) is 20.1. The minimum absolute atomic E-state index is 0.0278. The van der Waals surface area contributed by atoms with Crippen LogP contribution in [0.5, 0.6) is 5.75 Å². The van der Waals surface area contributed by atoms with E-state index in [0.29, 0.717) is 23.3 Å². The maximum atomic E-state index is 13.6. The van der Waals surface area contributed by atoms with Gasteiger partial charge < -0.3 is 14.6 Å². The lowest BCUT2D eigenvalue weighted by Crippen LogP contribution is -2.15. The predicted molar refractivity (Wildman–Crippen MR) is 103 cm³/mol. The molecule has 0 saturated carbocycles. The van der Waals surface area contributed by atoms with Gasteiger partial charge >= 0.3 is 0 Å². The molecule has 1 amide bonds. The Morgan fingerprint density at radius 1 is 1.21 bits per heavy atom. The lowest BCUT2D eigenvalue weighted by molar-refractivity contribution is -0.113. The molecule has 1 aromatic heterocycles. The van der Waals surface area contributed by atoms with Crippen LogP contribution in [0.2, 0.25) is 0 Å². The molecule has 3 aromatic rings. The second-order valence-electron chi connectivity index (χ2n) is 5.71. The number of hydrogen-bond acceptors (Lipinski definition) is 5. The van der Waals surface area contributed by atoms with Crippen molar-refractivity contribution in [3.05, 3.63) is 54.1 Å². The molecule has 0 fully saturated rings. The summed E-state index contributed by atoms with van der Waals surface area (Å²) in [4.78, 5) is 12.1. The van der Waals surface area contributed by atoms with Gasteiger partial charge in [-0.3, -0.25) is 4.79 Å². The third-order valence-electron chi connectivity index (χ3n) is 3.92. The van der Waals surface area contributed by atoms with Crippen molar-refractivity contribution in [1.82, 2.24) is 14.8 Å². The minimum Gasteiger partial charge on any atom is -0.496 e. The van der Waals surface area contributed by atoms with Crippen LogP contribution < -0.4 is 10.1 Å². The van der Waals surface area contributed by atoms with Crippen LogP contribution in [0.15, 0.2) is 47.6 Å². The Kier molecular flexibility index (Phi) is 6.25. The number of ether oxygens (including phenoxy) is 1. The highest BCUT2D eigenvalue weighted by molar-refractivity contribution is 7.99. The van der Waals surface area contributed by atoms with Crippen molar-refractivity contribution in [3.63, 3.8) is 0 Å². The van der Waals surface area contributed by atoms with Crippen molar-refractivity contribution < 1.29 is 18.3 Å². The minimum atomic E-state index is -0.699. The van der Waals surface area contributed by atoms with Crippen LogP contribution >= 0.6 is 11.8 Å². The number of anilines is 1. The number of halogens is 2. The number of thioether (sulfide) groups is 1. The number of carbonyl (C=O) groups is 1. The van der Waals surface area contributed by atoms with Gasteiger partial charge in [-0.05, 0) is 31.2 Å². The fraction of sp³-hybridized carbons (Fsp3) is 0.211. The molecule has 146 valence electrons. The molecule has 0 spiro atoms. The lowest BCUT2D eigenvalue weighted by atomic mass is 10.2. The average molecular weight is 404 g/mol. The highest BCUT2D eigenvalue weighted by atomic mass is 32.2. The molecule has 3 rings (SSSR count). The van der Waals surface area contributed by atoms with Crippen LogP contribution in [0.25, 0.3) is 11.4 Å². The number of benzene rings is 2. The maximum Gasteiger partial charge on any atom is 0.234 e. The van der Waals surface area contributed by atoms with Crippen LogP contribution in [0, 0.1) is 11.6 Å². The molecule has 2 aromatic carbocycles. The van der Waals surface area contributed by atoms with E-state index in [4.69, 9.17) is 4.74 Å². The predicted octanol–water partition coefficient (Wildman–Crippen LogP) is 3.98. The van der Waals surface area contributed by atoms with Gasteiger partial charge in [-0.2, -0.15) is 0 Å². The van der Waals surface area contributed by atoms with E-state index in [1.165, 1.54) is 0 Å². The fourth-order valence-electron chi connectivity index (χ4n) is 2.62. The average Bonchev–Trinajstić information content (AvgIpc) is 3.11. The number of methoxy groups -OCH3 is 1. The quantitative estimate of drug-likeness (QED) is 0.603. The Balaban J connectivity index is 1.74. The summed E-state index contributed by atoms with van der Waals surface area (Å²) < 4.78 is 34.1. The van der Waals surface area contributed by atoms with Crippen molar-refractivity contribution >= 4 is 23.4 Å². The SMILES string of the molecule is CCn1c(SCC(=O)Nc2cc(F)ccc2F)nnc1-c1ccccc1OC. The van der Waals surface area contributed by atoms with E-state index in [-0.39, 0.29) is 11.4 Å². The van der Waals surface area contributed by atoms with Crippen LogP contribution in [0.3, 0.4) is 0 Å². The Morgan fingerprint density at radius 3 is 2.75 bits per heavy atom. The second-order valence-corrected chi connectivity index (χ2v) is 6.65. The summed E-state index contributed by atoms with van der Waals surface area (Å²) in [5.74, 6) is -0.537. The van der Waals surface area contributed by atoms with Gasteiger partial charge in [0.1, 0.15) is 17.4 Å². The molecule has 6 nitrogen and oxygen atoms in total. The topological polar surface area (TPSA) is 69.0 Å². The summed E-state index contributed by atoms with van der Waals surface area (Å²) in [6.07, 6.45) is 0. The van der Waals surface area contributed by atoms with Crippen molar-refractivity contribution in [2.45, 2.75) is 18.6 Å². The molecule has 0 atom stereocenters. The van der Waals surface area contributed by atoms with Crippen molar-refractivity contribution in [1.29, 1.82) is 0 Å². The number of nitrogens with one attached hydrogen (secondary N) is 1. The zero-order valence-electron chi connectivity index (χ0n) is 15.3. The van der Waals surface area contributed by atoms with E-state index in [0.717, 1.165) is 35.5 Å². The molecule has 0 aliphatic heterocycles. The van der Waals surface area contributed by atoms with Crippen LogP contribution in [0.1, 0.15) is 6.92 Å². The first-order valence-corrected chi connectivity index (χ1v) is 9.46. The summed E-state index contributed by atoms with van der Waals surface area (Å²) in [5.41, 5.74) is 0.592. The van der Waals surface area contributed by atoms with E-state index in [9.17, 15) is 13.6 Å². The highest BCUT2D eigenvalue weighted by Crippen LogP contribution is 2.30. The summed E-state index contributed by atoms with van der Waals surface area (Å²) >= 11 is 1.16. The van der Waals surface area contributed by atoms with Crippen molar-refractivity contribution in [2.75, 3.05) is 18.2 Å². The Labute approximate surface area is 164 Å². The van der Waals surface area contributed by atoms with E-state index in [1.54, 1.807) is 7.11 Å². The number of rotatable bonds is 7. The van der Waals surface area contributed by atoms with Gasteiger partial charge in [0.2, 0.25) is 5.91 Å². The molecule has 9 heteroatoms. The van der Waals surface area contributed by atoms with Crippen molar-refractivity contribution in [2.24, 2.45) is 0 Å². The Bertz CT molecular complexity index is 994. The van der Waals surface area contributed by atoms with Gasteiger partial charge in [-0.25, -0.2) is 8.78 Å². The molecule has 0 aliphatic rings. The maximum absolute atomic E-state index is 13.6. The number of carbonyl (C=O) groups excluding carboxylic acids is 1. The lowest BCUT2D eigenvalue weighted by Gasteiger charge is -2.10. The van der Waals surface area contributed by atoms with Crippen LogP contribution in [0.4, 0.5) is 14.5 Å². The number of hydrogen-bond donors (Lipinski definition) is 1. The van der Waals surface area contributed by atoms with Crippen molar-refractivity contribution in [3.8, 4) is 17.1 Å². The smallest absolute Gasteiger partial charge is 0.234 e.